The Labute approximate surface area is 178 Å². The van der Waals surface area contributed by atoms with Crippen molar-refractivity contribution < 1.29 is 12.9 Å². The summed E-state index contributed by atoms with van der Waals surface area (Å²) >= 11 is 3.31. The van der Waals surface area contributed by atoms with E-state index in [0.717, 1.165) is 60.4 Å². The molecule has 1 aliphatic heterocycles. The lowest BCUT2D eigenvalue weighted by atomic mass is 10.2. The maximum absolute atomic E-state index is 12.3. The van der Waals surface area contributed by atoms with Crippen LogP contribution in [0.2, 0.25) is 0 Å². The van der Waals surface area contributed by atoms with Crippen LogP contribution in [0.4, 0.5) is 5.82 Å². The molecule has 0 unspecified atom stereocenters. The van der Waals surface area contributed by atoms with Crippen molar-refractivity contribution in [2.75, 3.05) is 44.2 Å². The second-order valence-corrected chi connectivity index (χ2v) is 9.72. The second kappa shape index (κ2) is 8.83. The minimum Gasteiger partial charge on any atom is -0.354 e. The van der Waals surface area contributed by atoms with Crippen LogP contribution in [0.1, 0.15) is 6.42 Å². The van der Waals surface area contributed by atoms with Gasteiger partial charge in [-0.25, -0.2) is 13.1 Å². The van der Waals surface area contributed by atoms with Crippen LogP contribution in [-0.4, -0.2) is 57.7 Å². The van der Waals surface area contributed by atoms with Gasteiger partial charge < -0.3 is 9.42 Å². The van der Waals surface area contributed by atoms with E-state index in [9.17, 15) is 8.42 Å². The number of aromatic nitrogens is 1. The van der Waals surface area contributed by atoms with Gasteiger partial charge in [-0.15, -0.1) is 0 Å². The summed E-state index contributed by atoms with van der Waals surface area (Å²) in [4.78, 5) is 4.88. The number of piperazine rings is 1. The van der Waals surface area contributed by atoms with Crippen molar-refractivity contribution in [2.45, 2.75) is 11.3 Å². The predicted octanol–water partition coefficient (Wildman–Crippen LogP) is 3.08. The largest absolute Gasteiger partial charge is 0.354 e. The van der Waals surface area contributed by atoms with Crippen LogP contribution in [0.5, 0.6) is 0 Å². The van der Waals surface area contributed by atoms with Gasteiger partial charge in [0.15, 0.2) is 11.4 Å². The van der Waals surface area contributed by atoms with Gasteiger partial charge in [-0.05, 0) is 43.3 Å². The standard InChI is InChI=1S/C20H23BrN4O3S/c21-16-5-3-6-17(15-16)29(26,27)22-9-4-10-24-11-13-25(14-12-24)20-18-7-1-2-8-19(18)28-23-20/h1-3,5-8,15,22H,4,9-14H2. The molecule has 1 N–H and O–H groups in total. The number of fused-ring (bicyclic) bond motifs is 1. The Hall–Kier alpha value is -1.94. The van der Waals surface area contributed by atoms with Crippen LogP contribution < -0.4 is 9.62 Å². The van der Waals surface area contributed by atoms with E-state index in [1.807, 2.05) is 24.3 Å². The van der Waals surface area contributed by atoms with E-state index in [4.69, 9.17) is 4.52 Å². The molecule has 9 heteroatoms. The Morgan fingerprint density at radius 1 is 1.07 bits per heavy atom. The molecular formula is C20H23BrN4O3S. The van der Waals surface area contributed by atoms with Crippen molar-refractivity contribution in [1.29, 1.82) is 0 Å². The molecule has 0 spiro atoms. The Kier molecular flexibility index (Phi) is 6.19. The van der Waals surface area contributed by atoms with Crippen molar-refractivity contribution >= 4 is 42.7 Å². The first-order chi connectivity index (χ1) is 14.0. The van der Waals surface area contributed by atoms with Crippen LogP contribution in [0.3, 0.4) is 0 Å². The van der Waals surface area contributed by atoms with Crippen molar-refractivity contribution in [3.8, 4) is 0 Å². The number of hydrogen-bond acceptors (Lipinski definition) is 6. The van der Waals surface area contributed by atoms with Gasteiger partial charge in [-0.3, -0.25) is 4.90 Å². The maximum Gasteiger partial charge on any atom is 0.240 e. The molecule has 0 atom stereocenters. The first kappa shape index (κ1) is 20.3. The van der Waals surface area contributed by atoms with Crippen molar-refractivity contribution in [1.82, 2.24) is 14.8 Å². The molecule has 4 rings (SSSR count). The Bertz CT molecular complexity index is 1080. The lowest BCUT2D eigenvalue weighted by Crippen LogP contribution is -2.47. The molecule has 1 aliphatic rings. The zero-order chi connectivity index (χ0) is 20.3. The molecule has 29 heavy (non-hydrogen) atoms. The molecule has 2 aromatic carbocycles. The van der Waals surface area contributed by atoms with Crippen molar-refractivity contribution in [2.24, 2.45) is 0 Å². The van der Waals surface area contributed by atoms with Gasteiger partial charge in [0.1, 0.15) is 0 Å². The topological polar surface area (TPSA) is 78.7 Å². The molecule has 3 aromatic rings. The summed E-state index contributed by atoms with van der Waals surface area (Å²) < 4.78 is 33.5. The quantitative estimate of drug-likeness (QED) is 0.525. The molecule has 0 bridgehead atoms. The lowest BCUT2D eigenvalue weighted by Gasteiger charge is -2.34. The van der Waals surface area contributed by atoms with E-state index < -0.39 is 10.0 Å². The fraction of sp³-hybridized carbons (Fsp3) is 0.350. The average molecular weight is 479 g/mol. The van der Waals surface area contributed by atoms with E-state index in [1.54, 1.807) is 24.3 Å². The molecule has 2 heterocycles. The highest BCUT2D eigenvalue weighted by atomic mass is 79.9. The number of hydrogen-bond donors (Lipinski definition) is 1. The van der Waals surface area contributed by atoms with Gasteiger partial charge >= 0.3 is 0 Å². The molecule has 0 aliphatic carbocycles. The number of rotatable bonds is 7. The third-order valence-electron chi connectivity index (χ3n) is 5.08. The number of para-hydroxylation sites is 1. The fourth-order valence-corrected chi connectivity index (χ4v) is 5.18. The predicted molar refractivity (Wildman–Crippen MR) is 117 cm³/mol. The zero-order valence-corrected chi connectivity index (χ0v) is 18.3. The summed E-state index contributed by atoms with van der Waals surface area (Å²) in [6.07, 6.45) is 0.764. The normalized spacial score (nSPS) is 15.8. The molecule has 154 valence electrons. The van der Waals surface area contributed by atoms with Gasteiger partial charge in [-0.1, -0.05) is 39.3 Å². The Balaban J connectivity index is 1.23. The minimum absolute atomic E-state index is 0.278. The van der Waals surface area contributed by atoms with Crippen LogP contribution in [0.15, 0.2) is 62.4 Å². The number of anilines is 1. The smallest absolute Gasteiger partial charge is 0.240 e. The number of halogens is 1. The van der Waals surface area contributed by atoms with Gasteiger partial charge in [-0.2, -0.15) is 0 Å². The molecule has 7 nitrogen and oxygen atoms in total. The first-order valence-corrected chi connectivity index (χ1v) is 11.9. The molecular weight excluding hydrogens is 456 g/mol. The second-order valence-electron chi connectivity index (χ2n) is 7.04. The van der Waals surface area contributed by atoms with E-state index in [2.05, 4.69) is 35.6 Å². The van der Waals surface area contributed by atoms with Crippen molar-refractivity contribution in [3.05, 3.63) is 53.0 Å². The lowest BCUT2D eigenvalue weighted by molar-refractivity contribution is 0.254. The molecule has 1 fully saturated rings. The molecule has 0 radical (unpaired) electrons. The van der Waals surface area contributed by atoms with Crippen molar-refractivity contribution in [3.63, 3.8) is 0 Å². The summed E-state index contributed by atoms with van der Waals surface area (Å²) in [5.41, 5.74) is 0.808. The third-order valence-corrected chi connectivity index (χ3v) is 7.03. The number of nitrogens with one attached hydrogen (secondary N) is 1. The average Bonchev–Trinajstić information content (AvgIpc) is 3.16. The van der Waals surface area contributed by atoms with Gasteiger partial charge in [0, 0.05) is 37.2 Å². The van der Waals surface area contributed by atoms with Gasteiger partial charge in [0.2, 0.25) is 10.0 Å². The SMILES string of the molecule is O=S(=O)(NCCCN1CCN(c2noc3ccccc23)CC1)c1cccc(Br)c1. The highest BCUT2D eigenvalue weighted by molar-refractivity contribution is 9.10. The summed E-state index contributed by atoms with van der Waals surface area (Å²) in [6.45, 7) is 4.86. The number of nitrogens with zero attached hydrogens (tertiary/aromatic N) is 3. The van der Waals surface area contributed by atoms with Gasteiger partial charge in [0.25, 0.3) is 0 Å². The van der Waals surface area contributed by atoms with E-state index in [-0.39, 0.29) is 4.90 Å². The third kappa shape index (κ3) is 4.80. The highest BCUT2D eigenvalue weighted by Gasteiger charge is 2.21. The van der Waals surface area contributed by atoms with Crippen LogP contribution >= 0.6 is 15.9 Å². The monoisotopic (exact) mass is 478 g/mol. The Morgan fingerprint density at radius 3 is 2.66 bits per heavy atom. The van der Waals surface area contributed by atoms with E-state index >= 15 is 0 Å². The maximum atomic E-state index is 12.3. The molecule has 0 amide bonds. The summed E-state index contributed by atoms with van der Waals surface area (Å²) in [5.74, 6) is 0.905. The fourth-order valence-electron chi connectivity index (χ4n) is 3.51. The van der Waals surface area contributed by atoms with Gasteiger partial charge in [0.05, 0.1) is 10.3 Å². The van der Waals surface area contributed by atoms with Crippen LogP contribution in [0.25, 0.3) is 11.0 Å². The molecule has 1 aromatic heterocycles. The molecule has 1 saturated heterocycles. The Morgan fingerprint density at radius 2 is 1.86 bits per heavy atom. The zero-order valence-electron chi connectivity index (χ0n) is 15.9. The van der Waals surface area contributed by atoms with E-state index in [1.165, 1.54) is 0 Å². The number of benzene rings is 2. The summed E-state index contributed by atoms with van der Waals surface area (Å²) in [6, 6.07) is 14.6. The van der Waals surface area contributed by atoms with Crippen LogP contribution in [-0.2, 0) is 10.0 Å². The minimum atomic E-state index is -3.47. The first-order valence-electron chi connectivity index (χ1n) is 9.60. The summed E-state index contributed by atoms with van der Waals surface area (Å²) in [5, 5.41) is 5.28. The highest BCUT2D eigenvalue weighted by Crippen LogP contribution is 2.26. The molecule has 0 saturated carbocycles. The number of sulfonamides is 1. The summed E-state index contributed by atoms with van der Waals surface area (Å²) in [7, 11) is -3.47. The van der Waals surface area contributed by atoms with Crippen LogP contribution in [0, 0.1) is 0 Å². The van der Waals surface area contributed by atoms with E-state index in [0.29, 0.717) is 6.54 Å².